The average molecular weight is 518 g/mol. The minimum atomic E-state index is -0.103. The molecule has 0 saturated carbocycles. The highest BCUT2D eigenvalue weighted by Crippen LogP contribution is 2.37. The van der Waals surface area contributed by atoms with Crippen LogP contribution in [0.5, 0.6) is 11.5 Å². The predicted octanol–water partition coefficient (Wildman–Crippen LogP) is 7.46. The second-order valence-electron chi connectivity index (χ2n) is 9.85. The predicted molar refractivity (Wildman–Crippen MR) is 154 cm³/mol. The van der Waals surface area contributed by atoms with Crippen LogP contribution in [-0.4, -0.2) is 23.4 Å². The number of benzene rings is 3. The average Bonchev–Trinajstić information content (AvgIpc) is 3.09. The molecule has 6 heteroatoms. The van der Waals surface area contributed by atoms with E-state index in [1.54, 1.807) is 4.90 Å². The monoisotopic (exact) mass is 517 g/mol. The summed E-state index contributed by atoms with van der Waals surface area (Å²) in [7, 11) is 0. The molecule has 0 N–H and O–H groups in total. The van der Waals surface area contributed by atoms with E-state index in [9.17, 15) is 4.79 Å². The quantitative estimate of drug-likeness (QED) is 0.185. The van der Waals surface area contributed by atoms with Crippen molar-refractivity contribution < 1.29 is 14.3 Å². The molecule has 3 aromatic carbocycles. The van der Waals surface area contributed by atoms with Gasteiger partial charge in [0.2, 0.25) is 0 Å². The maximum Gasteiger partial charge on any atom is 0.270 e. The topological polar surface area (TPSA) is 38.8 Å². The smallest absolute Gasteiger partial charge is 0.270 e. The second kappa shape index (κ2) is 10.9. The van der Waals surface area contributed by atoms with Gasteiger partial charge in [0.05, 0.1) is 10.6 Å². The molecule has 0 atom stereocenters. The number of rotatable bonds is 7. The Morgan fingerprint density at radius 3 is 2.28 bits per heavy atom. The van der Waals surface area contributed by atoms with Crippen LogP contribution in [0.4, 0.5) is 5.69 Å². The number of thiocarbonyl (C=S) groups is 1. The molecule has 0 aromatic heterocycles. The number of carbonyl (C=O) groups is 1. The fourth-order valence-corrected chi connectivity index (χ4v) is 5.23. The standard InChI is InChI=1S/C30H31NO3S2/c1-20-9-14-26(21(2)17-20)31-28(32)27(36-29(31)35)19-22-7-6-8-25(18-22)34-16-15-33-24-12-10-23(11-13-24)30(3,4)5/h6-14,17-19H,15-16H2,1-5H3/b27-19+. The van der Waals surface area contributed by atoms with E-state index < -0.39 is 0 Å². The molecule has 1 saturated heterocycles. The fourth-order valence-electron chi connectivity index (χ4n) is 3.95. The number of nitrogens with zero attached hydrogens (tertiary/aromatic N) is 1. The first-order valence-electron chi connectivity index (χ1n) is 11.9. The molecule has 3 aromatic rings. The summed E-state index contributed by atoms with van der Waals surface area (Å²) in [6.45, 7) is 11.5. The van der Waals surface area contributed by atoms with Crippen LogP contribution in [0.3, 0.4) is 0 Å². The van der Waals surface area contributed by atoms with Crippen LogP contribution in [0.1, 0.15) is 43.0 Å². The van der Waals surface area contributed by atoms with E-state index in [1.165, 1.54) is 17.3 Å². The van der Waals surface area contributed by atoms with E-state index >= 15 is 0 Å². The lowest BCUT2D eigenvalue weighted by molar-refractivity contribution is -0.113. The molecule has 186 valence electrons. The Hall–Kier alpha value is -3.09. The van der Waals surface area contributed by atoms with E-state index in [0.717, 1.165) is 33.9 Å². The Morgan fingerprint density at radius 1 is 0.917 bits per heavy atom. The molecule has 0 radical (unpaired) electrons. The molecule has 0 bridgehead atoms. The van der Waals surface area contributed by atoms with Crippen LogP contribution in [0, 0.1) is 13.8 Å². The van der Waals surface area contributed by atoms with Crippen LogP contribution in [0.25, 0.3) is 6.08 Å². The van der Waals surface area contributed by atoms with Gasteiger partial charge in [0, 0.05) is 0 Å². The molecule has 1 amide bonds. The Balaban J connectivity index is 1.36. The summed E-state index contributed by atoms with van der Waals surface area (Å²) < 4.78 is 12.3. The van der Waals surface area contributed by atoms with Gasteiger partial charge >= 0.3 is 0 Å². The van der Waals surface area contributed by atoms with Gasteiger partial charge in [-0.2, -0.15) is 0 Å². The van der Waals surface area contributed by atoms with Gasteiger partial charge in [-0.3, -0.25) is 9.69 Å². The minimum absolute atomic E-state index is 0.103. The van der Waals surface area contributed by atoms with Gasteiger partial charge in [0.1, 0.15) is 24.7 Å². The first-order chi connectivity index (χ1) is 17.1. The van der Waals surface area contributed by atoms with Crippen LogP contribution in [0.2, 0.25) is 0 Å². The highest BCUT2D eigenvalue weighted by atomic mass is 32.2. The number of hydrogen-bond acceptors (Lipinski definition) is 5. The van der Waals surface area contributed by atoms with Gasteiger partial charge in [-0.25, -0.2) is 0 Å². The van der Waals surface area contributed by atoms with Crippen molar-refractivity contribution in [3.63, 3.8) is 0 Å². The minimum Gasteiger partial charge on any atom is -0.490 e. The first-order valence-corrected chi connectivity index (χ1v) is 13.2. The zero-order valence-corrected chi connectivity index (χ0v) is 23.0. The largest absolute Gasteiger partial charge is 0.490 e. The lowest BCUT2D eigenvalue weighted by atomic mass is 9.87. The highest BCUT2D eigenvalue weighted by molar-refractivity contribution is 8.27. The van der Waals surface area contributed by atoms with Gasteiger partial charge in [-0.05, 0) is 72.4 Å². The van der Waals surface area contributed by atoms with Crippen LogP contribution in [0.15, 0.2) is 71.6 Å². The molecule has 4 nitrogen and oxygen atoms in total. The molecule has 36 heavy (non-hydrogen) atoms. The lowest BCUT2D eigenvalue weighted by Crippen LogP contribution is -2.28. The van der Waals surface area contributed by atoms with E-state index in [2.05, 4.69) is 39.0 Å². The molecule has 1 fully saturated rings. The molecule has 1 heterocycles. The Morgan fingerprint density at radius 2 is 1.61 bits per heavy atom. The van der Waals surface area contributed by atoms with Crippen molar-refractivity contribution in [3.8, 4) is 11.5 Å². The highest BCUT2D eigenvalue weighted by Gasteiger charge is 2.34. The Bertz CT molecular complexity index is 1310. The van der Waals surface area contributed by atoms with E-state index in [1.807, 2.05) is 68.5 Å². The maximum absolute atomic E-state index is 13.2. The van der Waals surface area contributed by atoms with E-state index in [0.29, 0.717) is 22.4 Å². The number of hydrogen-bond donors (Lipinski definition) is 0. The van der Waals surface area contributed by atoms with E-state index in [4.69, 9.17) is 21.7 Å². The third-order valence-electron chi connectivity index (χ3n) is 5.88. The molecular formula is C30H31NO3S2. The summed E-state index contributed by atoms with van der Waals surface area (Å²) in [6, 6.07) is 21.9. The van der Waals surface area contributed by atoms with Crippen LogP contribution >= 0.6 is 24.0 Å². The van der Waals surface area contributed by atoms with Crippen molar-refractivity contribution in [2.24, 2.45) is 0 Å². The molecule has 1 aliphatic heterocycles. The maximum atomic E-state index is 13.2. The Kier molecular flexibility index (Phi) is 7.86. The number of aryl methyl sites for hydroxylation is 2. The SMILES string of the molecule is Cc1ccc(N2C(=O)/C(=C\c3cccc(OCCOc4ccc(C(C)(C)C)cc4)c3)SC2=S)c(C)c1. The van der Waals surface area contributed by atoms with E-state index in [-0.39, 0.29) is 11.3 Å². The molecule has 0 unspecified atom stereocenters. The summed E-state index contributed by atoms with van der Waals surface area (Å²) in [5, 5.41) is 0. The number of anilines is 1. The fraction of sp³-hybridized carbons (Fsp3) is 0.267. The lowest BCUT2D eigenvalue weighted by Gasteiger charge is -2.19. The Labute approximate surface area is 223 Å². The van der Waals surface area contributed by atoms with Gasteiger partial charge in [-0.15, -0.1) is 0 Å². The molecule has 1 aliphatic rings. The molecule has 0 spiro atoms. The second-order valence-corrected chi connectivity index (χ2v) is 11.5. The summed E-state index contributed by atoms with van der Waals surface area (Å²) in [5.74, 6) is 1.45. The zero-order valence-electron chi connectivity index (χ0n) is 21.3. The summed E-state index contributed by atoms with van der Waals surface area (Å²) in [5.41, 5.74) is 5.28. The van der Waals surface area contributed by atoms with Gasteiger partial charge < -0.3 is 9.47 Å². The number of ether oxygens (including phenoxy) is 2. The normalized spacial score (nSPS) is 15.0. The zero-order chi connectivity index (χ0) is 25.9. The first kappa shape index (κ1) is 26.0. The summed E-state index contributed by atoms with van der Waals surface area (Å²) >= 11 is 6.86. The molecule has 4 rings (SSSR count). The van der Waals surface area contributed by atoms with Crippen molar-refractivity contribution in [1.82, 2.24) is 0 Å². The third-order valence-corrected chi connectivity index (χ3v) is 7.19. The van der Waals surface area contributed by atoms with Crippen LogP contribution < -0.4 is 14.4 Å². The van der Waals surface area contributed by atoms with Crippen molar-refractivity contribution in [2.45, 2.75) is 40.0 Å². The van der Waals surface area contributed by atoms with Gasteiger partial charge in [0.25, 0.3) is 5.91 Å². The third kappa shape index (κ3) is 6.18. The number of thioether (sulfide) groups is 1. The van der Waals surface area contributed by atoms with Crippen molar-refractivity contribution in [3.05, 3.63) is 93.9 Å². The number of carbonyl (C=O) groups excluding carboxylic acids is 1. The van der Waals surface area contributed by atoms with Crippen LogP contribution in [-0.2, 0) is 10.2 Å². The van der Waals surface area contributed by atoms with Gasteiger partial charge in [-0.1, -0.05) is 86.7 Å². The number of amides is 1. The van der Waals surface area contributed by atoms with Crippen molar-refractivity contribution in [1.29, 1.82) is 0 Å². The van der Waals surface area contributed by atoms with Gasteiger partial charge in [0.15, 0.2) is 4.32 Å². The summed E-state index contributed by atoms with van der Waals surface area (Å²) in [4.78, 5) is 15.4. The molecule has 0 aliphatic carbocycles. The summed E-state index contributed by atoms with van der Waals surface area (Å²) in [6.07, 6.45) is 1.86. The van der Waals surface area contributed by atoms with Crippen molar-refractivity contribution in [2.75, 3.05) is 18.1 Å². The van der Waals surface area contributed by atoms with Crippen molar-refractivity contribution >= 4 is 46.0 Å². The molecular weight excluding hydrogens is 486 g/mol.